The van der Waals surface area contributed by atoms with Crippen molar-refractivity contribution in [2.45, 2.75) is 33.1 Å². The summed E-state index contributed by atoms with van der Waals surface area (Å²) >= 11 is 0. The van der Waals surface area contributed by atoms with Crippen molar-refractivity contribution in [3.63, 3.8) is 0 Å². The summed E-state index contributed by atoms with van der Waals surface area (Å²) in [5.74, 6) is 1.81. The Hall–Kier alpha value is -7.95. The number of hydrogen-bond donors (Lipinski definition) is 0. The molecule has 1 aliphatic rings. The Morgan fingerprint density at radius 2 is 0.922 bits per heavy atom. The van der Waals surface area contributed by atoms with E-state index in [-0.39, 0.29) is 5.41 Å². The van der Waals surface area contributed by atoms with Crippen LogP contribution in [0.15, 0.2) is 206 Å². The van der Waals surface area contributed by atoms with Gasteiger partial charge in [0.25, 0.3) is 0 Å². The van der Waals surface area contributed by atoms with Crippen LogP contribution < -0.4 is 0 Å². The van der Waals surface area contributed by atoms with Gasteiger partial charge in [0.05, 0.1) is 11.0 Å². The van der Waals surface area contributed by atoms with Crippen molar-refractivity contribution in [1.29, 1.82) is 0 Å². The number of fused-ring (bicyclic) bond motifs is 8. The van der Waals surface area contributed by atoms with E-state index in [9.17, 15) is 0 Å². The van der Waals surface area contributed by atoms with E-state index in [0.717, 1.165) is 55.2 Å². The van der Waals surface area contributed by atoms with Gasteiger partial charge in [-0.25, -0.2) is 4.98 Å². The summed E-state index contributed by atoms with van der Waals surface area (Å²) < 4.78 is 2.27. The zero-order chi connectivity index (χ0) is 43.4. The molecule has 4 heteroatoms. The molecule has 2 heterocycles. The van der Waals surface area contributed by atoms with E-state index in [4.69, 9.17) is 15.0 Å². The van der Waals surface area contributed by atoms with Gasteiger partial charge in [-0.3, -0.25) is 4.57 Å². The van der Waals surface area contributed by atoms with E-state index in [2.05, 4.69) is 200 Å². The Morgan fingerprint density at radius 1 is 0.375 bits per heavy atom. The van der Waals surface area contributed by atoms with Crippen LogP contribution in [0.25, 0.3) is 106 Å². The third-order valence-corrected chi connectivity index (χ3v) is 12.9. The standard InChI is InChI=1S/C58H40N4.C2H6/c1-58(2)50-33-30-40-19-12-13-22-45(40)53(50)48-32-29-44(36-51(48)58)46-23-14-24-47-49-35-43(38-17-8-4-9-18-38)31-34-52(49)62(54(46)47)57-60-55(41-20-10-5-11-21-41)59-56(61-57)42-27-25-39(26-28-42)37-15-6-3-7-16-37;1-2/h3-36H,1-2H3;1-2H3. The van der Waals surface area contributed by atoms with Crippen molar-refractivity contribution in [2.75, 3.05) is 0 Å². The van der Waals surface area contributed by atoms with Gasteiger partial charge in [0.15, 0.2) is 11.6 Å². The van der Waals surface area contributed by atoms with E-state index >= 15 is 0 Å². The molecule has 306 valence electrons. The van der Waals surface area contributed by atoms with Crippen molar-refractivity contribution in [3.05, 3.63) is 217 Å². The van der Waals surface area contributed by atoms with Gasteiger partial charge in [0.2, 0.25) is 5.95 Å². The van der Waals surface area contributed by atoms with Crippen LogP contribution in [0, 0.1) is 0 Å². The molecule has 0 N–H and O–H groups in total. The lowest BCUT2D eigenvalue weighted by atomic mass is 9.81. The average Bonchev–Trinajstić information content (AvgIpc) is 3.83. The highest BCUT2D eigenvalue weighted by Gasteiger charge is 2.37. The fraction of sp³-hybridized carbons (Fsp3) is 0.0833. The maximum atomic E-state index is 5.37. The van der Waals surface area contributed by atoms with Crippen molar-refractivity contribution in [3.8, 4) is 73.2 Å². The maximum Gasteiger partial charge on any atom is 0.238 e. The molecule has 0 fully saturated rings. The van der Waals surface area contributed by atoms with Crippen LogP contribution in [0.5, 0.6) is 0 Å². The largest absolute Gasteiger partial charge is 0.277 e. The highest BCUT2D eigenvalue weighted by atomic mass is 15.2. The number of nitrogens with zero attached hydrogens (tertiary/aromatic N) is 4. The van der Waals surface area contributed by atoms with Crippen LogP contribution in [0.2, 0.25) is 0 Å². The minimum absolute atomic E-state index is 0.181. The van der Waals surface area contributed by atoms with Crippen molar-refractivity contribution < 1.29 is 0 Å². The van der Waals surface area contributed by atoms with E-state index in [1.54, 1.807) is 0 Å². The molecule has 0 saturated heterocycles. The molecule has 0 unspecified atom stereocenters. The second-order valence-electron chi connectivity index (χ2n) is 16.8. The predicted octanol–water partition coefficient (Wildman–Crippen LogP) is 15.8. The lowest BCUT2D eigenvalue weighted by Crippen LogP contribution is -2.15. The van der Waals surface area contributed by atoms with Gasteiger partial charge in [-0.05, 0) is 79.0 Å². The molecule has 9 aromatic carbocycles. The van der Waals surface area contributed by atoms with Gasteiger partial charge in [-0.15, -0.1) is 0 Å². The monoisotopic (exact) mass is 822 g/mol. The minimum Gasteiger partial charge on any atom is -0.277 e. The maximum absolute atomic E-state index is 5.37. The van der Waals surface area contributed by atoms with E-state index in [0.29, 0.717) is 17.6 Å². The highest BCUT2D eigenvalue weighted by Crippen LogP contribution is 2.52. The molecule has 0 radical (unpaired) electrons. The van der Waals surface area contributed by atoms with E-state index in [1.807, 2.05) is 38.1 Å². The molecule has 0 atom stereocenters. The van der Waals surface area contributed by atoms with E-state index in [1.165, 1.54) is 44.2 Å². The lowest BCUT2D eigenvalue weighted by molar-refractivity contribution is 0.661. The number of benzene rings is 9. The van der Waals surface area contributed by atoms with Gasteiger partial charge in [0.1, 0.15) is 0 Å². The number of para-hydroxylation sites is 1. The number of aromatic nitrogens is 4. The van der Waals surface area contributed by atoms with Crippen molar-refractivity contribution in [2.24, 2.45) is 0 Å². The van der Waals surface area contributed by atoms with Crippen LogP contribution in [-0.2, 0) is 5.41 Å². The van der Waals surface area contributed by atoms with Crippen LogP contribution in [-0.4, -0.2) is 19.5 Å². The van der Waals surface area contributed by atoms with Gasteiger partial charge < -0.3 is 0 Å². The minimum atomic E-state index is -0.181. The topological polar surface area (TPSA) is 43.6 Å². The first kappa shape index (κ1) is 38.9. The summed E-state index contributed by atoms with van der Waals surface area (Å²) in [5, 5.41) is 4.84. The summed E-state index contributed by atoms with van der Waals surface area (Å²) in [6.07, 6.45) is 0. The number of rotatable bonds is 6. The molecule has 0 aliphatic heterocycles. The SMILES string of the molecule is CC.CC1(C)c2cc(-c3cccc4c5cc(-c6ccccc6)ccc5n(-c5nc(-c6ccccc6)nc(-c6ccc(-c7ccccc7)cc6)n5)c34)ccc2-c2c1ccc1ccccc21. The van der Waals surface area contributed by atoms with Crippen LogP contribution in [0.1, 0.15) is 38.8 Å². The summed E-state index contributed by atoms with van der Waals surface area (Å²) in [6, 6.07) is 73.7. The summed E-state index contributed by atoms with van der Waals surface area (Å²) in [4.78, 5) is 15.8. The fourth-order valence-electron chi connectivity index (χ4n) is 9.75. The first-order valence-electron chi connectivity index (χ1n) is 22.3. The molecule has 0 spiro atoms. The second-order valence-corrected chi connectivity index (χ2v) is 16.8. The molecule has 0 saturated carbocycles. The predicted molar refractivity (Wildman–Crippen MR) is 268 cm³/mol. The van der Waals surface area contributed by atoms with Crippen LogP contribution in [0.4, 0.5) is 0 Å². The molecule has 11 aromatic rings. The Balaban J connectivity index is 0.00000225. The Bertz CT molecular complexity index is 3510. The van der Waals surface area contributed by atoms with Crippen molar-refractivity contribution >= 4 is 32.6 Å². The highest BCUT2D eigenvalue weighted by molar-refractivity contribution is 6.15. The summed E-state index contributed by atoms with van der Waals surface area (Å²) in [6.45, 7) is 8.73. The summed E-state index contributed by atoms with van der Waals surface area (Å²) in [7, 11) is 0. The second kappa shape index (κ2) is 15.7. The molecular weight excluding hydrogens is 777 g/mol. The fourth-order valence-corrected chi connectivity index (χ4v) is 9.75. The van der Waals surface area contributed by atoms with Crippen molar-refractivity contribution in [1.82, 2.24) is 19.5 Å². The Morgan fingerprint density at radius 3 is 1.62 bits per heavy atom. The smallest absolute Gasteiger partial charge is 0.238 e. The Kier molecular flexibility index (Phi) is 9.58. The molecule has 0 amide bonds. The zero-order valence-electron chi connectivity index (χ0n) is 36.4. The molecule has 1 aliphatic carbocycles. The first-order chi connectivity index (χ1) is 31.5. The third-order valence-electron chi connectivity index (χ3n) is 12.9. The van der Waals surface area contributed by atoms with Crippen LogP contribution >= 0.6 is 0 Å². The third kappa shape index (κ3) is 6.41. The molecule has 2 aromatic heterocycles. The van der Waals surface area contributed by atoms with Gasteiger partial charge in [-0.1, -0.05) is 216 Å². The molecular formula is C60H46N4. The average molecular weight is 823 g/mol. The molecule has 64 heavy (non-hydrogen) atoms. The number of hydrogen-bond acceptors (Lipinski definition) is 3. The molecule has 0 bridgehead atoms. The Labute approximate surface area is 374 Å². The van der Waals surface area contributed by atoms with Gasteiger partial charge >= 0.3 is 0 Å². The molecule has 12 rings (SSSR count). The zero-order valence-corrected chi connectivity index (χ0v) is 36.4. The van der Waals surface area contributed by atoms with Gasteiger partial charge in [-0.2, -0.15) is 9.97 Å². The summed E-state index contributed by atoms with van der Waals surface area (Å²) in [5.41, 5.74) is 16.0. The van der Waals surface area contributed by atoms with Crippen LogP contribution in [0.3, 0.4) is 0 Å². The van der Waals surface area contributed by atoms with Gasteiger partial charge in [0, 0.05) is 32.9 Å². The normalized spacial score (nSPS) is 12.5. The quantitative estimate of drug-likeness (QED) is 0.168. The first-order valence-corrected chi connectivity index (χ1v) is 22.3. The molecule has 4 nitrogen and oxygen atoms in total. The lowest BCUT2D eigenvalue weighted by Gasteiger charge is -2.22. The van der Waals surface area contributed by atoms with E-state index < -0.39 is 0 Å².